The van der Waals surface area contributed by atoms with E-state index in [9.17, 15) is 14.7 Å². The van der Waals surface area contributed by atoms with Crippen molar-refractivity contribution >= 4 is 23.4 Å². The van der Waals surface area contributed by atoms with E-state index in [4.69, 9.17) is 9.47 Å². The molecule has 2 amide bonds. The summed E-state index contributed by atoms with van der Waals surface area (Å²) in [6.45, 7) is 4.00. The Kier molecular flexibility index (Phi) is 7.78. The molecule has 0 spiro atoms. The molecule has 7 nitrogen and oxygen atoms in total. The van der Waals surface area contributed by atoms with Crippen LogP contribution >= 0.6 is 0 Å². The van der Waals surface area contributed by atoms with E-state index in [0.717, 1.165) is 0 Å². The van der Waals surface area contributed by atoms with Crippen LogP contribution in [0.2, 0.25) is 0 Å². The highest BCUT2D eigenvalue weighted by Crippen LogP contribution is 2.33. The van der Waals surface area contributed by atoms with Gasteiger partial charge in [-0.25, -0.2) is 9.59 Å². The molecule has 2 aromatic rings. The van der Waals surface area contributed by atoms with Crippen molar-refractivity contribution in [2.45, 2.75) is 13.8 Å². The molecule has 2 aromatic carbocycles. The summed E-state index contributed by atoms with van der Waals surface area (Å²) in [4.78, 5) is 23.4. The number of carbonyl (C=O) groups excluding carboxylic acids is 1. The molecule has 0 aliphatic heterocycles. The van der Waals surface area contributed by atoms with Crippen molar-refractivity contribution in [3.8, 4) is 11.5 Å². The Morgan fingerprint density at radius 3 is 2.00 bits per heavy atom. The first kappa shape index (κ1) is 19.8. The average Bonchev–Trinajstić information content (AvgIpc) is 2.63. The van der Waals surface area contributed by atoms with E-state index in [1.165, 1.54) is 26.4 Å². The van der Waals surface area contributed by atoms with Crippen LogP contribution in [-0.4, -0.2) is 31.3 Å². The van der Waals surface area contributed by atoms with Crippen molar-refractivity contribution in [1.82, 2.24) is 0 Å². The molecule has 0 saturated carbocycles. The van der Waals surface area contributed by atoms with Crippen LogP contribution in [0.4, 0.5) is 16.2 Å². The van der Waals surface area contributed by atoms with Crippen LogP contribution in [0.1, 0.15) is 24.2 Å². The Balaban J connectivity index is 0.00000151. The van der Waals surface area contributed by atoms with Crippen LogP contribution in [0.3, 0.4) is 0 Å². The first-order valence-corrected chi connectivity index (χ1v) is 7.67. The average molecular weight is 346 g/mol. The molecule has 25 heavy (non-hydrogen) atoms. The lowest BCUT2D eigenvalue weighted by Gasteiger charge is -2.14. The van der Waals surface area contributed by atoms with Gasteiger partial charge >= 0.3 is 12.0 Å². The Hall–Kier alpha value is -3.22. The number of ether oxygens (including phenoxy) is 2. The normalized spacial score (nSPS) is 9.28. The maximum absolute atomic E-state index is 12.0. The summed E-state index contributed by atoms with van der Waals surface area (Å²) in [5, 5.41) is 14.4. The molecule has 0 atom stereocenters. The zero-order chi connectivity index (χ0) is 18.8. The van der Waals surface area contributed by atoms with Gasteiger partial charge in [0, 0.05) is 17.8 Å². The van der Waals surface area contributed by atoms with Crippen LogP contribution in [0.25, 0.3) is 0 Å². The first-order valence-electron chi connectivity index (χ1n) is 7.67. The number of carbonyl (C=O) groups is 2. The number of carboxylic acid groups (broad SMARTS) is 1. The monoisotopic (exact) mass is 346 g/mol. The third-order valence-corrected chi connectivity index (χ3v) is 3.03. The third kappa shape index (κ3) is 5.42. The number of aromatic carboxylic acids is 1. The molecule has 2 rings (SSSR count). The second kappa shape index (κ2) is 9.82. The number of nitrogens with one attached hydrogen (secondary N) is 2. The first-order chi connectivity index (χ1) is 12.0. The number of amides is 2. The maximum Gasteiger partial charge on any atom is 0.337 e. The summed E-state index contributed by atoms with van der Waals surface area (Å²) < 4.78 is 10.2. The summed E-state index contributed by atoms with van der Waals surface area (Å²) in [6, 6.07) is 10.9. The van der Waals surface area contributed by atoms with Crippen LogP contribution in [0, 0.1) is 0 Å². The number of carboxylic acids is 1. The molecule has 0 radical (unpaired) electrons. The van der Waals surface area contributed by atoms with Crippen LogP contribution in [-0.2, 0) is 0 Å². The number of rotatable bonds is 5. The molecule has 0 bridgehead atoms. The minimum atomic E-state index is -1.19. The highest BCUT2D eigenvalue weighted by atomic mass is 16.5. The minimum absolute atomic E-state index is 0.101. The Bertz CT molecular complexity index is 717. The van der Waals surface area contributed by atoms with Gasteiger partial charge in [-0.2, -0.15) is 0 Å². The topological polar surface area (TPSA) is 96.9 Å². The summed E-state index contributed by atoms with van der Waals surface area (Å²) in [7, 11) is 2.82. The molecule has 134 valence electrons. The molecule has 0 aromatic heterocycles. The Labute approximate surface area is 146 Å². The molecular formula is C18H22N2O5. The fraction of sp³-hybridized carbons (Fsp3) is 0.222. The van der Waals surface area contributed by atoms with E-state index in [0.29, 0.717) is 11.4 Å². The summed E-state index contributed by atoms with van der Waals surface area (Å²) in [6.07, 6.45) is 0. The fourth-order valence-electron chi connectivity index (χ4n) is 1.97. The molecule has 0 saturated heterocycles. The van der Waals surface area contributed by atoms with E-state index in [2.05, 4.69) is 10.6 Å². The summed E-state index contributed by atoms with van der Waals surface area (Å²) in [5.74, 6) is -0.618. The third-order valence-electron chi connectivity index (χ3n) is 3.03. The second-order valence-corrected chi connectivity index (χ2v) is 4.50. The molecule has 0 heterocycles. The lowest BCUT2D eigenvalue weighted by atomic mass is 10.1. The molecule has 0 unspecified atom stereocenters. The number of anilines is 2. The predicted octanol–water partition coefficient (Wildman–Crippen LogP) is 4.07. The molecule has 7 heteroatoms. The lowest BCUT2D eigenvalue weighted by molar-refractivity contribution is 0.0697. The van der Waals surface area contributed by atoms with Crippen molar-refractivity contribution < 1.29 is 24.2 Å². The summed E-state index contributed by atoms with van der Waals surface area (Å²) in [5.41, 5.74) is 0.580. The summed E-state index contributed by atoms with van der Waals surface area (Å²) >= 11 is 0. The van der Waals surface area contributed by atoms with Gasteiger partial charge in [0.25, 0.3) is 0 Å². The highest BCUT2D eigenvalue weighted by molar-refractivity contribution is 6.05. The van der Waals surface area contributed by atoms with Gasteiger partial charge in [0.1, 0.15) is 0 Å². The molecular weight excluding hydrogens is 324 g/mol. The number of para-hydroxylation sites is 1. The number of urea groups is 1. The molecule has 0 fully saturated rings. The zero-order valence-corrected chi connectivity index (χ0v) is 14.6. The lowest BCUT2D eigenvalue weighted by Crippen LogP contribution is -2.21. The van der Waals surface area contributed by atoms with E-state index in [1.807, 2.05) is 19.9 Å². The van der Waals surface area contributed by atoms with Gasteiger partial charge < -0.3 is 25.2 Å². The van der Waals surface area contributed by atoms with Crippen molar-refractivity contribution in [1.29, 1.82) is 0 Å². The minimum Gasteiger partial charge on any atom is -0.493 e. The number of benzene rings is 2. The molecule has 3 N–H and O–H groups in total. The molecule has 0 aliphatic carbocycles. The van der Waals surface area contributed by atoms with Crippen LogP contribution in [0.5, 0.6) is 11.5 Å². The van der Waals surface area contributed by atoms with Crippen molar-refractivity contribution in [3.05, 3.63) is 48.0 Å². The van der Waals surface area contributed by atoms with Gasteiger partial charge in [-0.1, -0.05) is 32.0 Å². The fourth-order valence-corrected chi connectivity index (χ4v) is 1.97. The van der Waals surface area contributed by atoms with E-state index < -0.39 is 12.0 Å². The van der Waals surface area contributed by atoms with E-state index >= 15 is 0 Å². The van der Waals surface area contributed by atoms with Gasteiger partial charge in [-0.05, 0) is 12.1 Å². The van der Waals surface area contributed by atoms with Crippen molar-refractivity contribution in [2.24, 2.45) is 0 Å². The maximum atomic E-state index is 12.0. The quantitative estimate of drug-likeness (QED) is 0.758. The predicted molar refractivity (Wildman–Crippen MR) is 96.9 cm³/mol. The highest BCUT2D eigenvalue weighted by Gasteiger charge is 2.18. The smallest absolute Gasteiger partial charge is 0.337 e. The van der Waals surface area contributed by atoms with Gasteiger partial charge in [-0.3, -0.25) is 0 Å². The number of methoxy groups -OCH3 is 2. The zero-order valence-electron chi connectivity index (χ0n) is 14.6. The van der Waals surface area contributed by atoms with Gasteiger partial charge in [0.05, 0.1) is 25.5 Å². The number of hydrogen-bond acceptors (Lipinski definition) is 4. The van der Waals surface area contributed by atoms with Gasteiger partial charge in [0.15, 0.2) is 11.5 Å². The Morgan fingerprint density at radius 2 is 1.48 bits per heavy atom. The van der Waals surface area contributed by atoms with Crippen molar-refractivity contribution in [3.63, 3.8) is 0 Å². The Morgan fingerprint density at radius 1 is 0.920 bits per heavy atom. The van der Waals surface area contributed by atoms with Crippen molar-refractivity contribution in [2.75, 3.05) is 24.9 Å². The number of hydrogen-bond donors (Lipinski definition) is 3. The standard InChI is InChI=1S/C16H16N2O5.C2H6/c1-22-13-8-11(15(19)20)12(9-14(13)23-2)18-16(21)17-10-6-4-3-5-7-10;1-2/h3-9H,1-2H3,(H,19,20)(H2,17,18,21);1-2H3. The molecule has 0 aliphatic rings. The SMILES string of the molecule is CC.COc1cc(NC(=O)Nc2ccccc2)c(C(=O)O)cc1OC. The van der Waals surface area contributed by atoms with Gasteiger partial charge in [0.2, 0.25) is 0 Å². The largest absolute Gasteiger partial charge is 0.493 e. The van der Waals surface area contributed by atoms with E-state index in [-0.39, 0.29) is 17.0 Å². The van der Waals surface area contributed by atoms with Crippen LogP contribution in [0.15, 0.2) is 42.5 Å². The van der Waals surface area contributed by atoms with Gasteiger partial charge in [-0.15, -0.1) is 0 Å². The second-order valence-electron chi connectivity index (χ2n) is 4.50. The van der Waals surface area contributed by atoms with E-state index in [1.54, 1.807) is 24.3 Å². The van der Waals surface area contributed by atoms with Crippen LogP contribution < -0.4 is 20.1 Å².